The number of nitrogens with zero attached hydrogens (tertiary/aromatic N) is 1. The Labute approximate surface area is 206 Å². The molecule has 0 radical (unpaired) electrons. The predicted octanol–water partition coefficient (Wildman–Crippen LogP) is 4.81. The van der Waals surface area contributed by atoms with Crippen molar-refractivity contribution in [3.8, 4) is 0 Å². The van der Waals surface area contributed by atoms with Crippen LogP contribution in [0.4, 0.5) is 9.59 Å². The van der Waals surface area contributed by atoms with Crippen LogP contribution < -0.4 is 5.32 Å². The first-order valence-electron chi connectivity index (χ1n) is 11.8. The number of esters is 1. The van der Waals surface area contributed by atoms with Gasteiger partial charge < -0.3 is 19.5 Å². The topological polar surface area (TPSA) is 94.2 Å². The first-order chi connectivity index (χ1) is 16.6. The van der Waals surface area contributed by atoms with Gasteiger partial charge in [-0.3, -0.25) is 9.69 Å². The van der Waals surface area contributed by atoms with Crippen molar-refractivity contribution in [1.82, 2.24) is 10.2 Å². The summed E-state index contributed by atoms with van der Waals surface area (Å²) in [4.78, 5) is 39.3. The smallest absolute Gasteiger partial charge is 0.410 e. The molecular weight excluding hydrogens is 448 g/mol. The number of alkyl carbamates (subject to hydrolysis) is 1. The number of amides is 2. The van der Waals surface area contributed by atoms with Gasteiger partial charge in [-0.25, -0.2) is 9.59 Å². The van der Waals surface area contributed by atoms with E-state index in [1.807, 2.05) is 60.7 Å². The van der Waals surface area contributed by atoms with Crippen molar-refractivity contribution in [3.63, 3.8) is 0 Å². The Balaban J connectivity index is 1.84. The van der Waals surface area contributed by atoms with Crippen molar-refractivity contribution < 1.29 is 28.6 Å². The van der Waals surface area contributed by atoms with Crippen LogP contribution in [0.5, 0.6) is 0 Å². The van der Waals surface area contributed by atoms with Crippen molar-refractivity contribution in [3.05, 3.63) is 71.8 Å². The summed E-state index contributed by atoms with van der Waals surface area (Å²) in [6.07, 6.45) is -0.732. The second kappa shape index (κ2) is 11.7. The molecule has 3 rings (SSSR count). The summed E-state index contributed by atoms with van der Waals surface area (Å²) in [5.41, 5.74) is 1.08. The molecule has 0 bridgehead atoms. The van der Waals surface area contributed by atoms with Crippen LogP contribution in [0.1, 0.15) is 51.7 Å². The van der Waals surface area contributed by atoms with Gasteiger partial charge in [0.2, 0.25) is 0 Å². The van der Waals surface area contributed by atoms with Crippen molar-refractivity contribution >= 4 is 18.2 Å². The van der Waals surface area contributed by atoms with Gasteiger partial charge in [0.15, 0.2) is 0 Å². The zero-order valence-corrected chi connectivity index (χ0v) is 20.7. The average Bonchev–Trinajstić information content (AvgIpc) is 3.16. The van der Waals surface area contributed by atoms with Gasteiger partial charge in [0, 0.05) is 13.5 Å². The molecule has 0 heterocycles. The molecule has 1 saturated carbocycles. The SMILES string of the molecule is CC(=O)O[C@@H]1CC[C@@H](N(Cc2ccccc2)C(=O)OCc2ccccc2)[C@H]1NC(=O)OC(C)(C)C. The van der Waals surface area contributed by atoms with Gasteiger partial charge in [-0.15, -0.1) is 0 Å². The zero-order chi connectivity index (χ0) is 25.4. The standard InChI is InChI=1S/C27H34N2O6/c1-19(30)34-23-16-15-22(24(23)28-25(31)35-27(2,3)4)29(17-20-11-7-5-8-12-20)26(32)33-18-21-13-9-6-10-14-21/h5-14,22-24H,15-18H2,1-4H3,(H,28,31)/t22-,23-,24-/m1/s1. The van der Waals surface area contributed by atoms with Crippen LogP contribution in [0, 0.1) is 0 Å². The van der Waals surface area contributed by atoms with E-state index in [2.05, 4.69) is 5.32 Å². The van der Waals surface area contributed by atoms with Crippen molar-refractivity contribution in [2.45, 2.75) is 77.5 Å². The van der Waals surface area contributed by atoms with Gasteiger partial charge >= 0.3 is 18.2 Å². The minimum absolute atomic E-state index is 0.120. The second-order valence-corrected chi connectivity index (χ2v) is 9.62. The molecule has 1 N–H and O–H groups in total. The fourth-order valence-corrected chi connectivity index (χ4v) is 4.17. The Morgan fingerprint density at radius 1 is 0.943 bits per heavy atom. The normalized spacial score (nSPS) is 19.5. The Hall–Kier alpha value is -3.55. The summed E-state index contributed by atoms with van der Waals surface area (Å²) in [5, 5.41) is 2.85. The molecule has 188 valence electrons. The number of rotatable bonds is 7. The number of hydrogen-bond acceptors (Lipinski definition) is 6. The number of benzene rings is 2. The summed E-state index contributed by atoms with van der Waals surface area (Å²) in [7, 11) is 0. The minimum atomic E-state index is -0.701. The molecule has 0 saturated heterocycles. The second-order valence-electron chi connectivity index (χ2n) is 9.62. The number of carbonyl (C=O) groups excluding carboxylic acids is 3. The highest BCUT2D eigenvalue weighted by Gasteiger charge is 2.45. The molecule has 0 spiro atoms. The van der Waals surface area contributed by atoms with Crippen LogP contribution in [-0.4, -0.2) is 46.8 Å². The fraction of sp³-hybridized carbons (Fsp3) is 0.444. The number of carbonyl (C=O) groups is 3. The van der Waals surface area contributed by atoms with Crippen LogP contribution in [-0.2, 0) is 32.2 Å². The minimum Gasteiger partial charge on any atom is -0.460 e. The maximum absolute atomic E-state index is 13.3. The molecule has 0 aromatic heterocycles. The lowest BCUT2D eigenvalue weighted by molar-refractivity contribution is -0.147. The maximum atomic E-state index is 13.3. The van der Waals surface area contributed by atoms with E-state index in [4.69, 9.17) is 14.2 Å². The van der Waals surface area contributed by atoms with Gasteiger partial charge in [-0.2, -0.15) is 0 Å². The fourth-order valence-electron chi connectivity index (χ4n) is 4.17. The monoisotopic (exact) mass is 482 g/mol. The lowest BCUT2D eigenvalue weighted by Crippen LogP contribution is -2.55. The molecule has 0 unspecified atom stereocenters. The van der Waals surface area contributed by atoms with Gasteiger partial charge in [0.05, 0.1) is 12.1 Å². The molecule has 2 aromatic carbocycles. The summed E-state index contributed by atoms with van der Waals surface area (Å²) in [5.74, 6) is -0.451. The molecule has 0 aliphatic heterocycles. The third-order valence-electron chi connectivity index (χ3n) is 5.60. The zero-order valence-electron chi connectivity index (χ0n) is 20.7. The molecule has 35 heavy (non-hydrogen) atoms. The molecule has 2 aromatic rings. The van der Waals surface area contributed by atoms with Crippen LogP contribution in [0.25, 0.3) is 0 Å². The van der Waals surface area contributed by atoms with Crippen LogP contribution in [0.2, 0.25) is 0 Å². The van der Waals surface area contributed by atoms with Crippen LogP contribution in [0.3, 0.4) is 0 Å². The van der Waals surface area contributed by atoms with E-state index in [1.54, 1.807) is 25.7 Å². The summed E-state index contributed by atoms with van der Waals surface area (Å²) >= 11 is 0. The third kappa shape index (κ3) is 8.02. The van der Waals surface area contributed by atoms with Crippen molar-refractivity contribution in [2.75, 3.05) is 0 Å². The van der Waals surface area contributed by atoms with E-state index in [-0.39, 0.29) is 13.2 Å². The van der Waals surface area contributed by atoms with E-state index in [9.17, 15) is 14.4 Å². The van der Waals surface area contributed by atoms with Crippen molar-refractivity contribution in [1.29, 1.82) is 0 Å². The highest BCUT2D eigenvalue weighted by atomic mass is 16.6. The van der Waals surface area contributed by atoms with E-state index in [0.717, 1.165) is 11.1 Å². The molecular formula is C27H34N2O6. The number of hydrogen-bond donors (Lipinski definition) is 1. The van der Waals surface area contributed by atoms with Crippen molar-refractivity contribution in [2.24, 2.45) is 0 Å². The molecule has 8 nitrogen and oxygen atoms in total. The number of nitrogens with one attached hydrogen (secondary N) is 1. The third-order valence-corrected chi connectivity index (χ3v) is 5.60. The summed E-state index contributed by atoms with van der Waals surface area (Å²) in [6, 6.07) is 17.9. The van der Waals surface area contributed by atoms with E-state index >= 15 is 0 Å². The van der Waals surface area contributed by atoms with Gasteiger partial charge in [-0.1, -0.05) is 60.7 Å². The highest BCUT2D eigenvalue weighted by molar-refractivity contribution is 5.71. The Kier molecular flexibility index (Phi) is 8.73. The summed E-state index contributed by atoms with van der Waals surface area (Å²) in [6.45, 7) is 7.03. The molecule has 1 aliphatic rings. The van der Waals surface area contributed by atoms with Crippen LogP contribution >= 0.6 is 0 Å². The molecule has 3 atom stereocenters. The lowest BCUT2D eigenvalue weighted by Gasteiger charge is -2.34. The Bertz CT molecular complexity index is 990. The molecule has 2 amide bonds. The molecule has 1 fully saturated rings. The van der Waals surface area contributed by atoms with Gasteiger partial charge in [-0.05, 0) is 44.7 Å². The molecule has 1 aliphatic carbocycles. The largest absolute Gasteiger partial charge is 0.460 e. The quantitative estimate of drug-likeness (QED) is 0.450. The van der Waals surface area contributed by atoms with Gasteiger partial charge in [0.25, 0.3) is 0 Å². The van der Waals surface area contributed by atoms with E-state index < -0.39 is 41.9 Å². The maximum Gasteiger partial charge on any atom is 0.410 e. The summed E-state index contributed by atoms with van der Waals surface area (Å²) < 4.78 is 16.6. The highest BCUT2D eigenvalue weighted by Crippen LogP contribution is 2.30. The first-order valence-corrected chi connectivity index (χ1v) is 11.8. The van der Waals surface area contributed by atoms with E-state index in [1.165, 1.54) is 6.92 Å². The van der Waals surface area contributed by atoms with Crippen LogP contribution in [0.15, 0.2) is 60.7 Å². The Morgan fingerprint density at radius 3 is 2.11 bits per heavy atom. The lowest BCUT2D eigenvalue weighted by atomic mass is 10.1. The number of ether oxygens (including phenoxy) is 3. The Morgan fingerprint density at radius 2 is 1.54 bits per heavy atom. The predicted molar refractivity (Wildman–Crippen MR) is 130 cm³/mol. The average molecular weight is 483 g/mol. The van der Waals surface area contributed by atoms with E-state index in [0.29, 0.717) is 12.8 Å². The van der Waals surface area contributed by atoms with Gasteiger partial charge in [0.1, 0.15) is 18.3 Å². The first kappa shape index (κ1) is 26.1. The molecule has 8 heteroatoms.